The molecular weight excluding hydrogens is 350 g/mol. The van der Waals surface area contributed by atoms with Gasteiger partial charge in [0.1, 0.15) is 0 Å². The van der Waals surface area contributed by atoms with Gasteiger partial charge in [0.15, 0.2) is 0 Å². The van der Waals surface area contributed by atoms with Crippen LogP contribution in [0.2, 0.25) is 0 Å². The number of hydrogen-bond donors (Lipinski definition) is 0. The first-order chi connectivity index (χ1) is 13.5. The molecule has 2 aromatic carbocycles. The lowest BCUT2D eigenvalue weighted by Gasteiger charge is -2.34. The predicted octanol–water partition coefficient (Wildman–Crippen LogP) is 2.75. The van der Waals surface area contributed by atoms with Gasteiger partial charge in [0, 0.05) is 58.5 Å². The van der Waals surface area contributed by atoms with Gasteiger partial charge in [0.05, 0.1) is 0 Å². The van der Waals surface area contributed by atoms with Gasteiger partial charge in [-0.05, 0) is 29.3 Å². The molecule has 0 bridgehead atoms. The third kappa shape index (κ3) is 5.30. The number of carbonyl (C=O) groups is 2. The molecule has 0 aromatic heterocycles. The topological polar surface area (TPSA) is 43.9 Å². The Balaban J connectivity index is 1.49. The third-order valence-corrected chi connectivity index (χ3v) is 4.92. The van der Waals surface area contributed by atoms with Crippen LogP contribution in [0.5, 0.6) is 0 Å². The van der Waals surface area contributed by atoms with Crippen molar-refractivity contribution in [3.8, 4) is 0 Å². The maximum atomic E-state index is 12.5. The average molecular weight is 377 g/mol. The van der Waals surface area contributed by atoms with Crippen LogP contribution >= 0.6 is 0 Å². The second-order valence-electron chi connectivity index (χ2n) is 7.24. The minimum Gasteiger partial charge on any atom is -0.345 e. The normalized spacial score (nSPS) is 15.0. The van der Waals surface area contributed by atoms with Crippen LogP contribution in [-0.4, -0.2) is 66.8 Å². The molecule has 1 fully saturated rings. The number of hydrogen-bond acceptors (Lipinski definition) is 3. The summed E-state index contributed by atoms with van der Waals surface area (Å²) < 4.78 is 0. The van der Waals surface area contributed by atoms with Crippen molar-refractivity contribution in [3.63, 3.8) is 0 Å². The predicted molar refractivity (Wildman–Crippen MR) is 112 cm³/mol. The van der Waals surface area contributed by atoms with Gasteiger partial charge in [-0.25, -0.2) is 0 Å². The van der Waals surface area contributed by atoms with Crippen LogP contribution in [-0.2, 0) is 11.3 Å². The number of carbonyl (C=O) groups excluding carboxylic acids is 2. The summed E-state index contributed by atoms with van der Waals surface area (Å²) in [5.41, 5.74) is 2.85. The lowest BCUT2D eigenvalue weighted by Crippen LogP contribution is -2.47. The standard InChI is InChI=1S/C23H27N3O2/c1-24(2)23(28)21-11-8-19(9-12-21)10-13-22(27)26-16-14-25(15-17-26)18-20-6-4-3-5-7-20/h3-13H,14-18H2,1-2H3/b13-10+. The first-order valence-electron chi connectivity index (χ1n) is 9.58. The Labute approximate surface area is 166 Å². The summed E-state index contributed by atoms with van der Waals surface area (Å²) in [5.74, 6) is 0.00721. The zero-order chi connectivity index (χ0) is 19.9. The molecule has 0 N–H and O–H groups in total. The Morgan fingerprint density at radius 3 is 2.18 bits per heavy atom. The van der Waals surface area contributed by atoms with Gasteiger partial charge >= 0.3 is 0 Å². The second-order valence-corrected chi connectivity index (χ2v) is 7.24. The van der Waals surface area contributed by atoms with E-state index in [0.717, 1.165) is 38.3 Å². The van der Waals surface area contributed by atoms with Crippen LogP contribution < -0.4 is 0 Å². The van der Waals surface area contributed by atoms with Crippen LogP contribution in [0.4, 0.5) is 0 Å². The molecule has 2 aromatic rings. The highest BCUT2D eigenvalue weighted by atomic mass is 16.2. The summed E-state index contributed by atoms with van der Waals surface area (Å²) in [6.07, 6.45) is 3.43. The van der Waals surface area contributed by atoms with Crippen molar-refractivity contribution < 1.29 is 9.59 Å². The van der Waals surface area contributed by atoms with E-state index in [0.29, 0.717) is 5.56 Å². The third-order valence-electron chi connectivity index (χ3n) is 4.92. The van der Waals surface area contributed by atoms with Gasteiger partial charge in [0.25, 0.3) is 5.91 Å². The molecule has 2 amide bonds. The molecule has 0 atom stereocenters. The molecule has 3 rings (SSSR count). The zero-order valence-electron chi connectivity index (χ0n) is 16.5. The molecule has 5 heteroatoms. The van der Waals surface area contributed by atoms with Gasteiger partial charge in [-0.15, -0.1) is 0 Å². The van der Waals surface area contributed by atoms with Gasteiger partial charge in [-0.2, -0.15) is 0 Å². The van der Waals surface area contributed by atoms with Crippen LogP contribution in [0, 0.1) is 0 Å². The zero-order valence-corrected chi connectivity index (χ0v) is 16.5. The fourth-order valence-electron chi connectivity index (χ4n) is 3.24. The van der Waals surface area contributed by atoms with E-state index in [4.69, 9.17) is 0 Å². The van der Waals surface area contributed by atoms with Crippen molar-refractivity contribution in [1.29, 1.82) is 0 Å². The van der Waals surface area contributed by atoms with Crippen molar-refractivity contribution in [2.75, 3.05) is 40.3 Å². The molecule has 0 unspecified atom stereocenters. The van der Waals surface area contributed by atoms with E-state index in [1.807, 2.05) is 29.2 Å². The van der Waals surface area contributed by atoms with E-state index in [9.17, 15) is 9.59 Å². The molecule has 0 saturated carbocycles. The maximum absolute atomic E-state index is 12.5. The van der Waals surface area contributed by atoms with Crippen molar-refractivity contribution in [3.05, 3.63) is 77.4 Å². The van der Waals surface area contributed by atoms with Gasteiger partial charge in [-0.3, -0.25) is 14.5 Å². The Hall–Kier alpha value is -2.92. The number of rotatable bonds is 5. The summed E-state index contributed by atoms with van der Waals surface area (Å²) in [4.78, 5) is 30.2. The highest BCUT2D eigenvalue weighted by molar-refractivity contribution is 5.94. The molecule has 5 nitrogen and oxygen atoms in total. The average Bonchev–Trinajstić information content (AvgIpc) is 2.73. The minimum absolute atomic E-state index is 0.0278. The van der Waals surface area contributed by atoms with Gasteiger partial charge in [-0.1, -0.05) is 42.5 Å². The van der Waals surface area contributed by atoms with Crippen molar-refractivity contribution in [1.82, 2.24) is 14.7 Å². The molecule has 1 heterocycles. The Morgan fingerprint density at radius 1 is 0.929 bits per heavy atom. The Kier molecular flexibility index (Phi) is 6.61. The highest BCUT2D eigenvalue weighted by Gasteiger charge is 2.19. The Bertz CT molecular complexity index is 821. The van der Waals surface area contributed by atoms with Gasteiger partial charge in [0.2, 0.25) is 5.91 Å². The molecule has 1 aliphatic heterocycles. The van der Waals surface area contributed by atoms with Crippen molar-refractivity contribution >= 4 is 17.9 Å². The molecule has 28 heavy (non-hydrogen) atoms. The van der Waals surface area contributed by atoms with E-state index in [1.54, 1.807) is 37.2 Å². The molecule has 146 valence electrons. The summed E-state index contributed by atoms with van der Waals surface area (Å²) >= 11 is 0. The van der Waals surface area contributed by atoms with E-state index in [1.165, 1.54) is 5.56 Å². The molecule has 0 radical (unpaired) electrons. The lowest BCUT2D eigenvalue weighted by atomic mass is 10.1. The number of nitrogens with zero attached hydrogens (tertiary/aromatic N) is 3. The smallest absolute Gasteiger partial charge is 0.253 e. The van der Waals surface area contributed by atoms with Crippen LogP contribution in [0.15, 0.2) is 60.7 Å². The monoisotopic (exact) mass is 377 g/mol. The fourth-order valence-corrected chi connectivity index (χ4v) is 3.24. The van der Waals surface area contributed by atoms with Crippen molar-refractivity contribution in [2.45, 2.75) is 6.54 Å². The maximum Gasteiger partial charge on any atom is 0.253 e. The summed E-state index contributed by atoms with van der Waals surface area (Å²) in [6, 6.07) is 17.7. The SMILES string of the molecule is CN(C)C(=O)c1ccc(/C=C/C(=O)N2CCN(Cc3ccccc3)CC2)cc1. The molecule has 0 spiro atoms. The van der Waals surface area contributed by atoms with Crippen LogP contribution in [0.1, 0.15) is 21.5 Å². The van der Waals surface area contributed by atoms with E-state index in [2.05, 4.69) is 29.2 Å². The van der Waals surface area contributed by atoms with Crippen molar-refractivity contribution in [2.24, 2.45) is 0 Å². The van der Waals surface area contributed by atoms with Gasteiger partial charge < -0.3 is 9.80 Å². The summed E-state index contributed by atoms with van der Waals surface area (Å²) in [6.45, 7) is 4.18. The van der Waals surface area contributed by atoms with Crippen LogP contribution in [0.3, 0.4) is 0 Å². The largest absolute Gasteiger partial charge is 0.345 e. The Morgan fingerprint density at radius 2 is 1.57 bits per heavy atom. The van der Waals surface area contributed by atoms with E-state index in [-0.39, 0.29) is 11.8 Å². The van der Waals surface area contributed by atoms with E-state index < -0.39 is 0 Å². The molecule has 1 saturated heterocycles. The number of benzene rings is 2. The molecule has 0 aliphatic carbocycles. The number of amides is 2. The number of piperazine rings is 1. The second kappa shape index (κ2) is 9.33. The molecular formula is C23H27N3O2. The fraction of sp³-hybridized carbons (Fsp3) is 0.304. The first-order valence-corrected chi connectivity index (χ1v) is 9.58. The van der Waals surface area contributed by atoms with E-state index >= 15 is 0 Å². The first kappa shape index (κ1) is 19.8. The lowest BCUT2D eigenvalue weighted by molar-refractivity contribution is -0.127. The molecule has 1 aliphatic rings. The van der Waals surface area contributed by atoms with Crippen LogP contribution in [0.25, 0.3) is 6.08 Å². The summed E-state index contributed by atoms with van der Waals surface area (Å²) in [5, 5.41) is 0. The minimum atomic E-state index is -0.0278. The highest BCUT2D eigenvalue weighted by Crippen LogP contribution is 2.11. The quantitative estimate of drug-likeness (QED) is 0.753. The summed E-state index contributed by atoms with van der Waals surface area (Å²) in [7, 11) is 3.46.